The molecule has 0 atom stereocenters. The summed E-state index contributed by atoms with van der Waals surface area (Å²) in [7, 11) is 1.63. The summed E-state index contributed by atoms with van der Waals surface area (Å²) in [4.78, 5) is 11.1. The van der Waals surface area contributed by atoms with Crippen LogP contribution in [0.5, 0.6) is 0 Å². The van der Waals surface area contributed by atoms with Crippen molar-refractivity contribution in [1.29, 1.82) is 0 Å². The number of methoxy groups -OCH3 is 1. The van der Waals surface area contributed by atoms with Gasteiger partial charge in [-0.05, 0) is 31.0 Å². The van der Waals surface area contributed by atoms with Gasteiger partial charge in [0.15, 0.2) is 0 Å². The third-order valence-corrected chi connectivity index (χ3v) is 2.84. The van der Waals surface area contributed by atoms with E-state index in [2.05, 4.69) is 5.32 Å². The average Bonchev–Trinajstić information content (AvgIpc) is 2.41. The molecule has 0 unspecified atom stereocenters. The van der Waals surface area contributed by atoms with Crippen molar-refractivity contribution in [1.82, 2.24) is 0 Å². The number of ether oxygens (including phenoxy) is 2. The molecule has 6 nitrogen and oxygen atoms in total. The summed E-state index contributed by atoms with van der Waals surface area (Å²) in [6.07, 6.45) is 0.829. The van der Waals surface area contributed by atoms with E-state index in [-0.39, 0.29) is 5.56 Å². The molecule has 0 saturated carbocycles. The van der Waals surface area contributed by atoms with Gasteiger partial charge in [-0.15, -0.1) is 0 Å². The Kier molecular flexibility index (Phi) is 6.83. The Balaban J connectivity index is 2.43. The van der Waals surface area contributed by atoms with E-state index >= 15 is 0 Å². The summed E-state index contributed by atoms with van der Waals surface area (Å²) < 4.78 is 10.2. The third kappa shape index (κ3) is 5.07. The zero-order valence-corrected chi connectivity index (χ0v) is 11.9. The first kappa shape index (κ1) is 16.3. The van der Waals surface area contributed by atoms with E-state index in [9.17, 15) is 4.79 Å². The minimum Gasteiger partial charge on any atom is -0.478 e. The maximum Gasteiger partial charge on any atom is 0.337 e. The highest BCUT2D eigenvalue weighted by molar-refractivity contribution is 5.95. The summed E-state index contributed by atoms with van der Waals surface area (Å²) in [5.74, 6) is -1.02. The summed E-state index contributed by atoms with van der Waals surface area (Å²) in [5, 5.41) is 12.2. The second-order valence-electron chi connectivity index (χ2n) is 4.45. The van der Waals surface area contributed by atoms with E-state index in [1.807, 2.05) is 6.07 Å². The number of carboxylic acids is 1. The van der Waals surface area contributed by atoms with Crippen LogP contribution in [-0.4, -0.2) is 44.6 Å². The summed E-state index contributed by atoms with van der Waals surface area (Å²) in [6.45, 7) is 4.31. The van der Waals surface area contributed by atoms with Crippen molar-refractivity contribution in [2.75, 3.05) is 44.5 Å². The van der Waals surface area contributed by atoms with Crippen LogP contribution in [0.4, 0.5) is 11.4 Å². The lowest BCUT2D eigenvalue weighted by atomic mass is 10.1. The lowest BCUT2D eigenvalue weighted by Gasteiger charge is -2.11. The van der Waals surface area contributed by atoms with Crippen LogP contribution in [0.25, 0.3) is 0 Å². The molecular weight excluding hydrogens is 260 g/mol. The molecule has 0 heterocycles. The van der Waals surface area contributed by atoms with Gasteiger partial charge < -0.3 is 25.6 Å². The fraction of sp³-hybridized carbons (Fsp3) is 0.500. The number of nitrogens with one attached hydrogen (secondary N) is 1. The van der Waals surface area contributed by atoms with Gasteiger partial charge in [-0.3, -0.25) is 0 Å². The largest absolute Gasteiger partial charge is 0.478 e. The van der Waals surface area contributed by atoms with Crippen LogP contribution >= 0.6 is 0 Å². The van der Waals surface area contributed by atoms with Crippen molar-refractivity contribution >= 4 is 17.3 Å². The van der Waals surface area contributed by atoms with E-state index in [1.165, 1.54) is 0 Å². The van der Waals surface area contributed by atoms with Crippen molar-refractivity contribution in [3.05, 3.63) is 23.3 Å². The van der Waals surface area contributed by atoms with Gasteiger partial charge in [0.2, 0.25) is 0 Å². The fourth-order valence-corrected chi connectivity index (χ4v) is 1.73. The smallest absolute Gasteiger partial charge is 0.337 e. The van der Waals surface area contributed by atoms with Crippen LogP contribution in [0.2, 0.25) is 0 Å². The maximum atomic E-state index is 11.1. The highest BCUT2D eigenvalue weighted by atomic mass is 16.5. The molecule has 0 aromatic heterocycles. The Morgan fingerprint density at radius 2 is 2.10 bits per heavy atom. The van der Waals surface area contributed by atoms with E-state index in [0.717, 1.165) is 17.7 Å². The lowest BCUT2D eigenvalue weighted by molar-refractivity contribution is 0.0697. The van der Waals surface area contributed by atoms with Gasteiger partial charge in [0.25, 0.3) is 0 Å². The average molecular weight is 282 g/mol. The Hall–Kier alpha value is -1.79. The Labute approximate surface area is 118 Å². The number of aromatic carboxylic acids is 1. The topological polar surface area (TPSA) is 93.8 Å². The number of rotatable bonds is 9. The fourth-order valence-electron chi connectivity index (χ4n) is 1.73. The van der Waals surface area contributed by atoms with Crippen molar-refractivity contribution in [2.24, 2.45) is 0 Å². The Morgan fingerprint density at radius 3 is 2.75 bits per heavy atom. The molecule has 1 aromatic rings. The van der Waals surface area contributed by atoms with Gasteiger partial charge in [0, 0.05) is 31.6 Å². The van der Waals surface area contributed by atoms with Crippen LogP contribution in [-0.2, 0) is 9.47 Å². The number of aryl methyl sites for hydroxylation is 1. The molecule has 0 aliphatic rings. The molecule has 0 amide bonds. The molecule has 0 aliphatic heterocycles. The molecule has 4 N–H and O–H groups in total. The number of nitrogens with two attached hydrogens (primary N) is 1. The number of hydrogen-bond donors (Lipinski definition) is 3. The number of carboxylic acid groups (broad SMARTS) is 1. The molecule has 20 heavy (non-hydrogen) atoms. The molecule has 112 valence electrons. The van der Waals surface area contributed by atoms with E-state index in [0.29, 0.717) is 32.1 Å². The first-order valence-corrected chi connectivity index (χ1v) is 6.50. The minimum absolute atomic E-state index is 0.129. The van der Waals surface area contributed by atoms with E-state index in [1.54, 1.807) is 20.1 Å². The van der Waals surface area contributed by atoms with E-state index in [4.69, 9.17) is 20.3 Å². The van der Waals surface area contributed by atoms with Crippen LogP contribution in [0, 0.1) is 6.92 Å². The zero-order valence-electron chi connectivity index (χ0n) is 11.9. The van der Waals surface area contributed by atoms with Crippen LogP contribution in [0.3, 0.4) is 0 Å². The third-order valence-electron chi connectivity index (χ3n) is 2.84. The van der Waals surface area contributed by atoms with Gasteiger partial charge in [0.05, 0.1) is 18.8 Å². The quantitative estimate of drug-likeness (QED) is 0.472. The normalized spacial score (nSPS) is 10.5. The van der Waals surface area contributed by atoms with Crippen molar-refractivity contribution in [2.45, 2.75) is 13.3 Å². The molecule has 0 saturated heterocycles. The molecule has 0 fully saturated rings. The first-order valence-electron chi connectivity index (χ1n) is 6.50. The van der Waals surface area contributed by atoms with Gasteiger partial charge in [-0.25, -0.2) is 4.79 Å². The second kappa shape index (κ2) is 8.39. The predicted octanol–water partition coefficient (Wildman–Crippen LogP) is 1.74. The van der Waals surface area contributed by atoms with Crippen molar-refractivity contribution in [3.63, 3.8) is 0 Å². The van der Waals surface area contributed by atoms with Crippen molar-refractivity contribution in [3.8, 4) is 0 Å². The molecule has 0 aliphatic carbocycles. The maximum absolute atomic E-state index is 11.1. The molecule has 0 radical (unpaired) electrons. The minimum atomic E-state index is -1.02. The SMILES string of the molecule is COCCOCCCNc1cc(C)c(N)c(C(=O)O)c1. The highest BCUT2D eigenvalue weighted by Gasteiger charge is 2.11. The summed E-state index contributed by atoms with van der Waals surface area (Å²) >= 11 is 0. The Morgan fingerprint density at radius 1 is 1.35 bits per heavy atom. The molecule has 1 aromatic carbocycles. The molecule has 6 heteroatoms. The van der Waals surface area contributed by atoms with Crippen LogP contribution < -0.4 is 11.1 Å². The lowest BCUT2D eigenvalue weighted by Crippen LogP contribution is -2.10. The molecule has 1 rings (SSSR count). The first-order chi connectivity index (χ1) is 9.56. The summed E-state index contributed by atoms with van der Waals surface area (Å²) in [5.41, 5.74) is 7.68. The Bertz CT molecular complexity index is 449. The molecular formula is C14H22N2O4. The number of nitrogen functional groups attached to an aromatic ring is 1. The standard InChI is InChI=1S/C14H22N2O4/c1-10-8-11(9-12(13(10)15)14(17)18)16-4-3-5-20-7-6-19-2/h8-9,16H,3-7,15H2,1-2H3,(H,17,18). The number of carbonyl (C=O) groups is 1. The summed E-state index contributed by atoms with van der Waals surface area (Å²) in [6, 6.07) is 3.39. The van der Waals surface area contributed by atoms with Gasteiger partial charge in [-0.2, -0.15) is 0 Å². The second-order valence-corrected chi connectivity index (χ2v) is 4.45. The monoisotopic (exact) mass is 282 g/mol. The van der Waals surface area contributed by atoms with Gasteiger partial charge in [-0.1, -0.05) is 0 Å². The van der Waals surface area contributed by atoms with E-state index < -0.39 is 5.97 Å². The predicted molar refractivity (Wildman–Crippen MR) is 78.4 cm³/mol. The van der Waals surface area contributed by atoms with Crippen LogP contribution in [0.15, 0.2) is 12.1 Å². The zero-order chi connectivity index (χ0) is 15.0. The van der Waals surface area contributed by atoms with Gasteiger partial charge >= 0.3 is 5.97 Å². The number of hydrogen-bond acceptors (Lipinski definition) is 5. The van der Waals surface area contributed by atoms with Crippen LogP contribution in [0.1, 0.15) is 22.3 Å². The molecule has 0 bridgehead atoms. The molecule has 0 spiro atoms. The van der Waals surface area contributed by atoms with Crippen molar-refractivity contribution < 1.29 is 19.4 Å². The number of anilines is 2. The highest BCUT2D eigenvalue weighted by Crippen LogP contribution is 2.22. The van der Waals surface area contributed by atoms with Gasteiger partial charge in [0.1, 0.15) is 0 Å². The number of benzene rings is 1.